The van der Waals surface area contributed by atoms with Gasteiger partial charge in [0.05, 0.1) is 19.6 Å². The highest BCUT2D eigenvalue weighted by Gasteiger charge is 2.28. The normalized spacial score (nSPS) is 18.4. The summed E-state index contributed by atoms with van der Waals surface area (Å²) in [6, 6.07) is 7.89. The van der Waals surface area contributed by atoms with Crippen molar-refractivity contribution in [1.29, 1.82) is 0 Å². The zero-order valence-electron chi connectivity index (χ0n) is 12.0. The van der Waals surface area contributed by atoms with Crippen molar-refractivity contribution in [3.05, 3.63) is 24.3 Å². The van der Waals surface area contributed by atoms with Crippen LogP contribution >= 0.6 is 0 Å². The molecule has 0 saturated carbocycles. The van der Waals surface area contributed by atoms with E-state index < -0.39 is 0 Å². The Morgan fingerprint density at radius 1 is 1.45 bits per heavy atom. The van der Waals surface area contributed by atoms with E-state index in [0.717, 1.165) is 11.5 Å². The largest absolute Gasteiger partial charge is 0.486 e. The van der Waals surface area contributed by atoms with Crippen molar-refractivity contribution in [1.82, 2.24) is 0 Å². The van der Waals surface area contributed by atoms with Crippen molar-refractivity contribution < 1.29 is 24.3 Å². The third-order valence-corrected chi connectivity index (χ3v) is 3.31. The third kappa shape index (κ3) is 3.87. The number of para-hydroxylation sites is 2. The van der Waals surface area contributed by atoms with Gasteiger partial charge in [-0.25, -0.2) is 0 Å². The van der Waals surface area contributed by atoms with Crippen LogP contribution in [0.15, 0.2) is 24.3 Å². The first kappa shape index (κ1) is 14.7. The summed E-state index contributed by atoms with van der Waals surface area (Å²) in [6.45, 7) is 5.56. The summed E-state index contributed by atoms with van der Waals surface area (Å²) >= 11 is 0. The van der Waals surface area contributed by atoms with Crippen molar-refractivity contribution in [2.45, 2.75) is 32.4 Å². The van der Waals surface area contributed by atoms with E-state index in [1.807, 2.05) is 31.2 Å². The number of fused-ring (bicyclic) bond motifs is 1. The minimum atomic E-state index is -0.151. The van der Waals surface area contributed by atoms with Gasteiger partial charge in [0.2, 0.25) is 0 Å². The number of benzene rings is 1. The first-order chi connectivity index (χ1) is 9.70. The fraction of sp³-hybridized carbons (Fsp3) is 0.533. The number of carbonyl (C=O) groups excluding carboxylic acids is 1. The Kier molecular flexibility index (Phi) is 5.24. The van der Waals surface area contributed by atoms with Crippen molar-refractivity contribution in [3.63, 3.8) is 0 Å². The van der Waals surface area contributed by atoms with Crippen LogP contribution in [0.1, 0.15) is 20.3 Å². The molecular formula is C15H22NO4+. The van der Waals surface area contributed by atoms with E-state index in [9.17, 15) is 4.79 Å². The molecule has 5 nitrogen and oxygen atoms in total. The minimum absolute atomic E-state index is 0.00732. The summed E-state index contributed by atoms with van der Waals surface area (Å²) in [7, 11) is 0. The van der Waals surface area contributed by atoms with Crippen molar-refractivity contribution in [3.8, 4) is 11.5 Å². The monoisotopic (exact) mass is 280 g/mol. The Balaban J connectivity index is 1.77. The molecule has 0 fully saturated rings. The summed E-state index contributed by atoms with van der Waals surface area (Å²) in [5.41, 5.74) is 0. The molecule has 0 saturated heterocycles. The average Bonchev–Trinajstić information content (AvgIpc) is 2.47. The molecule has 1 aromatic rings. The third-order valence-electron chi connectivity index (χ3n) is 3.31. The number of esters is 1. The van der Waals surface area contributed by atoms with Crippen molar-refractivity contribution in [2.24, 2.45) is 0 Å². The summed E-state index contributed by atoms with van der Waals surface area (Å²) in [5, 5.41) is 2.10. The van der Waals surface area contributed by atoms with E-state index in [2.05, 4.69) is 12.2 Å². The molecule has 1 aliphatic rings. The molecule has 0 amide bonds. The van der Waals surface area contributed by atoms with Crippen LogP contribution in [0.3, 0.4) is 0 Å². The number of nitrogens with two attached hydrogens (primary N) is 1. The van der Waals surface area contributed by atoms with Gasteiger partial charge < -0.3 is 19.5 Å². The van der Waals surface area contributed by atoms with Crippen LogP contribution in [0, 0.1) is 0 Å². The molecule has 0 unspecified atom stereocenters. The van der Waals surface area contributed by atoms with Gasteiger partial charge in [-0.3, -0.25) is 4.79 Å². The van der Waals surface area contributed by atoms with Crippen molar-refractivity contribution >= 4 is 5.97 Å². The summed E-state index contributed by atoms with van der Waals surface area (Å²) in [4.78, 5) is 11.3. The smallest absolute Gasteiger partial charge is 0.311 e. The Morgan fingerprint density at radius 2 is 2.20 bits per heavy atom. The molecule has 0 spiro atoms. The van der Waals surface area contributed by atoms with Gasteiger partial charge in [-0.2, -0.15) is 0 Å². The van der Waals surface area contributed by atoms with E-state index in [4.69, 9.17) is 14.2 Å². The molecule has 1 aliphatic heterocycles. The second-order valence-electron chi connectivity index (χ2n) is 4.85. The molecule has 0 aliphatic carbocycles. The zero-order chi connectivity index (χ0) is 14.4. The van der Waals surface area contributed by atoms with Gasteiger partial charge in [0, 0.05) is 0 Å². The predicted octanol–water partition coefficient (Wildman–Crippen LogP) is 0.732. The molecular weight excluding hydrogens is 258 g/mol. The number of hydrogen-bond acceptors (Lipinski definition) is 4. The van der Waals surface area contributed by atoms with Crippen molar-refractivity contribution in [2.75, 3.05) is 19.8 Å². The van der Waals surface area contributed by atoms with Crippen LogP contribution in [0.25, 0.3) is 0 Å². The SMILES string of the molecule is CCOC(=O)CC[NH2+][C@@H](C)[C@@H]1COc2ccccc2O1. The molecule has 5 heteroatoms. The van der Waals surface area contributed by atoms with E-state index in [-0.39, 0.29) is 18.1 Å². The lowest BCUT2D eigenvalue weighted by Gasteiger charge is -2.29. The Labute approximate surface area is 119 Å². The predicted molar refractivity (Wildman–Crippen MR) is 73.9 cm³/mol. The topological polar surface area (TPSA) is 61.4 Å². The van der Waals surface area contributed by atoms with Crippen LogP contribution in [0.2, 0.25) is 0 Å². The molecule has 0 bridgehead atoms. The van der Waals surface area contributed by atoms with Crippen LogP contribution in [0.5, 0.6) is 11.5 Å². The fourth-order valence-electron chi connectivity index (χ4n) is 2.14. The molecule has 0 radical (unpaired) electrons. The molecule has 20 heavy (non-hydrogen) atoms. The number of rotatable bonds is 6. The van der Waals surface area contributed by atoms with E-state index in [1.54, 1.807) is 0 Å². The number of quaternary nitrogens is 1. The van der Waals surface area contributed by atoms with Crippen LogP contribution in [-0.4, -0.2) is 37.9 Å². The van der Waals surface area contributed by atoms with Gasteiger partial charge >= 0.3 is 5.97 Å². The molecule has 1 heterocycles. The van der Waals surface area contributed by atoms with Gasteiger partial charge in [0.15, 0.2) is 17.6 Å². The summed E-state index contributed by atoms with van der Waals surface area (Å²) in [5.74, 6) is 1.43. The van der Waals surface area contributed by atoms with Gasteiger partial charge in [0.1, 0.15) is 12.6 Å². The molecule has 1 aromatic carbocycles. The maximum atomic E-state index is 11.3. The lowest BCUT2D eigenvalue weighted by atomic mass is 10.1. The summed E-state index contributed by atoms with van der Waals surface area (Å²) in [6.07, 6.45) is 0.412. The Bertz CT molecular complexity index is 449. The van der Waals surface area contributed by atoms with E-state index in [0.29, 0.717) is 26.2 Å². The molecule has 2 atom stereocenters. The fourth-order valence-corrected chi connectivity index (χ4v) is 2.14. The first-order valence-corrected chi connectivity index (χ1v) is 7.08. The van der Waals surface area contributed by atoms with E-state index in [1.165, 1.54) is 0 Å². The highest BCUT2D eigenvalue weighted by Crippen LogP contribution is 2.31. The van der Waals surface area contributed by atoms with E-state index >= 15 is 0 Å². The number of ether oxygens (including phenoxy) is 3. The average molecular weight is 280 g/mol. The quantitative estimate of drug-likeness (QED) is 0.780. The number of carbonyl (C=O) groups is 1. The van der Waals surface area contributed by atoms with Crippen LogP contribution in [-0.2, 0) is 9.53 Å². The maximum absolute atomic E-state index is 11.3. The molecule has 110 valence electrons. The standard InChI is InChI=1S/C15H21NO4/c1-3-18-15(17)8-9-16-11(2)14-10-19-12-6-4-5-7-13(12)20-14/h4-7,11,14,16H,3,8-10H2,1-2H3/p+1/t11-,14-/m0/s1. The van der Waals surface area contributed by atoms with Gasteiger partial charge in [-0.05, 0) is 26.0 Å². The molecule has 2 rings (SSSR count). The second kappa shape index (κ2) is 7.14. The zero-order valence-corrected chi connectivity index (χ0v) is 12.0. The second-order valence-corrected chi connectivity index (χ2v) is 4.85. The van der Waals surface area contributed by atoms with Crippen LogP contribution in [0.4, 0.5) is 0 Å². The lowest BCUT2D eigenvalue weighted by molar-refractivity contribution is -0.691. The first-order valence-electron chi connectivity index (χ1n) is 7.08. The van der Waals surface area contributed by atoms with Crippen LogP contribution < -0.4 is 14.8 Å². The lowest BCUT2D eigenvalue weighted by Crippen LogP contribution is -2.92. The summed E-state index contributed by atoms with van der Waals surface area (Å²) < 4.78 is 16.5. The van der Waals surface area contributed by atoms with Gasteiger partial charge in [-0.1, -0.05) is 12.1 Å². The highest BCUT2D eigenvalue weighted by atomic mass is 16.6. The highest BCUT2D eigenvalue weighted by molar-refractivity contribution is 5.69. The maximum Gasteiger partial charge on any atom is 0.311 e. The van der Waals surface area contributed by atoms with Gasteiger partial charge in [-0.15, -0.1) is 0 Å². The minimum Gasteiger partial charge on any atom is -0.486 e. The van der Waals surface area contributed by atoms with Gasteiger partial charge in [0.25, 0.3) is 0 Å². The molecule has 2 N–H and O–H groups in total. The Morgan fingerprint density at radius 3 is 2.95 bits per heavy atom. The number of hydrogen-bond donors (Lipinski definition) is 1. The Hall–Kier alpha value is -1.75. The molecule has 0 aromatic heterocycles.